The summed E-state index contributed by atoms with van der Waals surface area (Å²) in [6.07, 6.45) is 0.795. The summed E-state index contributed by atoms with van der Waals surface area (Å²) in [5.41, 5.74) is 3.02. The van der Waals surface area contributed by atoms with Gasteiger partial charge in [0.1, 0.15) is 0 Å². The highest BCUT2D eigenvalue weighted by Gasteiger charge is 2.45. The Balaban J connectivity index is 1.09. The molecule has 2 saturated carbocycles. The Kier molecular flexibility index (Phi) is 7.00. The third-order valence-electron chi connectivity index (χ3n) is 8.16. The second-order valence-corrected chi connectivity index (χ2v) is 11.3. The van der Waals surface area contributed by atoms with Crippen LogP contribution < -0.4 is 5.43 Å². The van der Waals surface area contributed by atoms with Crippen LogP contribution in [-0.4, -0.2) is 77.7 Å². The average molecular weight is 518 g/mol. The molecular weight excluding hydrogens is 487 g/mol. The van der Waals surface area contributed by atoms with Crippen molar-refractivity contribution in [3.8, 4) is 0 Å². The summed E-state index contributed by atoms with van der Waals surface area (Å²) in [5.74, 6) is 0.344. The van der Waals surface area contributed by atoms with E-state index in [9.17, 15) is 22.8 Å². The number of likely N-dealkylation sites (tertiary alicyclic amines) is 2. The fourth-order valence-corrected chi connectivity index (χ4v) is 6.88. The predicted octanol–water partition coefficient (Wildman–Crippen LogP) is 3.28. The SMILES string of the molecule is O=C(C=CC1CC(Cl)CC(OC(F)(F)F)C1)N1CC2CN(C(=O)C3CCC4N=NNC4C3)CC2C1. The summed E-state index contributed by atoms with van der Waals surface area (Å²) in [6.45, 7) is 2.51. The average Bonchev–Trinajstić information content (AvgIpc) is 3.49. The van der Waals surface area contributed by atoms with Gasteiger partial charge in [0.25, 0.3) is 0 Å². The van der Waals surface area contributed by atoms with E-state index < -0.39 is 17.8 Å². The molecular formula is C23H31ClF3N5O3. The van der Waals surface area contributed by atoms with Crippen LogP contribution in [0.4, 0.5) is 13.2 Å². The third kappa shape index (κ3) is 5.76. The fourth-order valence-electron chi connectivity index (χ4n) is 6.45. The topological polar surface area (TPSA) is 86.6 Å². The van der Waals surface area contributed by atoms with Crippen molar-refractivity contribution < 1.29 is 27.5 Å². The van der Waals surface area contributed by atoms with Gasteiger partial charge in [-0.1, -0.05) is 11.3 Å². The molecule has 12 heteroatoms. The maximum absolute atomic E-state index is 13.1. The summed E-state index contributed by atoms with van der Waals surface area (Å²) in [7, 11) is 0. The van der Waals surface area contributed by atoms with Gasteiger partial charge in [-0.05, 0) is 50.5 Å². The number of fused-ring (bicyclic) bond motifs is 2. The van der Waals surface area contributed by atoms with Crippen molar-refractivity contribution in [1.29, 1.82) is 0 Å². The molecule has 0 radical (unpaired) electrons. The monoisotopic (exact) mass is 517 g/mol. The molecule has 4 fully saturated rings. The van der Waals surface area contributed by atoms with Crippen LogP contribution in [0.1, 0.15) is 38.5 Å². The summed E-state index contributed by atoms with van der Waals surface area (Å²) >= 11 is 6.14. The van der Waals surface area contributed by atoms with E-state index in [0.29, 0.717) is 32.6 Å². The van der Waals surface area contributed by atoms with Crippen LogP contribution in [0.3, 0.4) is 0 Å². The van der Waals surface area contributed by atoms with Crippen molar-refractivity contribution in [1.82, 2.24) is 15.2 Å². The Bertz CT molecular complexity index is 873. The van der Waals surface area contributed by atoms with Crippen LogP contribution in [0, 0.1) is 23.7 Å². The molecule has 8 atom stereocenters. The van der Waals surface area contributed by atoms with Crippen molar-refractivity contribution in [2.75, 3.05) is 26.2 Å². The van der Waals surface area contributed by atoms with Crippen molar-refractivity contribution in [2.24, 2.45) is 34.0 Å². The van der Waals surface area contributed by atoms with Gasteiger partial charge < -0.3 is 9.80 Å². The number of hydrogen-bond donors (Lipinski definition) is 1. The smallest absolute Gasteiger partial charge is 0.342 e. The zero-order valence-electron chi connectivity index (χ0n) is 19.4. The number of ether oxygens (including phenoxy) is 1. The molecule has 2 amide bonds. The van der Waals surface area contributed by atoms with Gasteiger partial charge in [0.05, 0.1) is 18.2 Å². The van der Waals surface area contributed by atoms with Gasteiger partial charge >= 0.3 is 6.36 Å². The van der Waals surface area contributed by atoms with Gasteiger partial charge in [-0.25, -0.2) is 0 Å². The largest absolute Gasteiger partial charge is 0.522 e. The molecule has 35 heavy (non-hydrogen) atoms. The zero-order valence-corrected chi connectivity index (χ0v) is 20.1. The number of halogens is 4. The van der Waals surface area contributed by atoms with Gasteiger partial charge in [-0.15, -0.1) is 24.8 Å². The van der Waals surface area contributed by atoms with Crippen molar-refractivity contribution >= 4 is 23.4 Å². The van der Waals surface area contributed by atoms with Gasteiger partial charge in [0.15, 0.2) is 0 Å². The lowest BCUT2D eigenvalue weighted by atomic mass is 9.82. The Labute approximate surface area is 207 Å². The molecule has 3 heterocycles. The molecule has 0 aromatic carbocycles. The van der Waals surface area contributed by atoms with E-state index in [-0.39, 0.29) is 60.4 Å². The van der Waals surface area contributed by atoms with Crippen molar-refractivity contribution in [3.05, 3.63) is 12.2 Å². The van der Waals surface area contributed by atoms with E-state index in [2.05, 4.69) is 20.5 Å². The predicted molar refractivity (Wildman–Crippen MR) is 120 cm³/mol. The molecule has 2 aliphatic carbocycles. The van der Waals surface area contributed by atoms with E-state index in [1.54, 1.807) is 11.0 Å². The first-order valence-corrected chi connectivity index (χ1v) is 12.9. The van der Waals surface area contributed by atoms with E-state index >= 15 is 0 Å². The standard InChI is InChI=1S/C23H31ClF3N5O3/c24-17-5-13(6-18(8-17)35-23(25,26)27)1-4-21(33)31-9-15-11-32(12-16(15)10-31)22(34)14-2-3-19-20(7-14)29-30-28-19/h1,4,13-20H,2-3,5-12H2,(H,28,29). The lowest BCUT2D eigenvalue weighted by Gasteiger charge is -2.32. The molecule has 0 bridgehead atoms. The van der Waals surface area contributed by atoms with E-state index in [4.69, 9.17) is 11.6 Å². The van der Waals surface area contributed by atoms with Gasteiger partial charge in [-0.2, -0.15) is 5.11 Å². The summed E-state index contributed by atoms with van der Waals surface area (Å²) in [6, 6.07) is 0.352. The Morgan fingerprint density at radius 3 is 2.43 bits per heavy atom. The normalized spacial score (nSPS) is 39.1. The number of amides is 2. The minimum atomic E-state index is -4.69. The number of nitrogens with one attached hydrogen (secondary N) is 1. The quantitative estimate of drug-likeness (QED) is 0.458. The highest BCUT2D eigenvalue weighted by Crippen LogP contribution is 2.37. The minimum absolute atomic E-state index is 0.00171. The molecule has 2 saturated heterocycles. The van der Waals surface area contributed by atoms with Crippen LogP contribution in [0.5, 0.6) is 0 Å². The van der Waals surface area contributed by atoms with E-state index in [1.165, 1.54) is 6.08 Å². The summed E-state index contributed by atoms with van der Waals surface area (Å²) in [4.78, 5) is 29.6. The summed E-state index contributed by atoms with van der Waals surface area (Å²) in [5, 5.41) is 7.66. The second-order valence-electron chi connectivity index (χ2n) is 10.6. The first-order valence-electron chi connectivity index (χ1n) is 12.4. The molecule has 5 rings (SSSR count). The molecule has 1 N–H and O–H groups in total. The van der Waals surface area contributed by atoms with E-state index in [0.717, 1.165) is 19.3 Å². The lowest BCUT2D eigenvalue weighted by molar-refractivity contribution is -0.345. The molecule has 8 unspecified atom stereocenters. The third-order valence-corrected chi connectivity index (χ3v) is 8.51. The van der Waals surface area contributed by atoms with Gasteiger partial charge in [-0.3, -0.25) is 19.8 Å². The van der Waals surface area contributed by atoms with Gasteiger partial charge in [0.2, 0.25) is 11.8 Å². The van der Waals surface area contributed by atoms with Crippen LogP contribution in [0.2, 0.25) is 0 Å². The minimum Gasteiger partial charge on any atom is -0.342 e. The molecule has 194 valence electrons. The van der Waals surface area contributed by atoms with Crippen molar-refractivity contribution in [3.63, 3.8) is 0 Å². The number of hydrogen-bond acceptors (Lipinski definition) is 6. The molecule has 5 aliphatic rings. The maximum atomic E-state index is 13.1. The van der Waals surface area contributed by atoms with Crippen LogP contribution in [-0.2, 0) is 14.3 Å². The molecule has 0 aromatic heterocycles. The first-order chi connectivity index (χ1) is 16.6. The zero-order chi connectivity index (χ0) is 24.7. The number of allylic oxidation sites excluding steroid dienone is 1. The van der Waals surface area contributed by atoms with E-state index in [1.807, 2.05) is 4.90 Å². The Morgan fingerprint density at radius 1 is 1.00 bits per heavy atom. The molecule has 8 nitrogen and oxygen atoms in total. The van der Waals surface area contributed by atoms with Crippen molar-refractivity contribution in [2.45, 2.75) is 68.5 Å². The van der Waals surface area contributed by atoms with Crippen LogP contribution in [0.15, 0.2) is 22.5 Å². The lowest BCUT2D eigenvalue weighted by Crippen LogP contribution is -2.44. The van der Waals surface area contributed by atoms with Gasteiger partial charge in [0, 0.05) is 49.3 Å². The molecule has 3 aliphatic heterocycles. The van der Waals surface area contributed by atoms with Crippen LogP contribution >= 0.6 is 11.6 Å². The first kappa shape index (κ1) is 24.8. The Morgan fingerprint density at radius 2 is 1.71 bits per heavy atom. The second kappa shape index (κ2) is 9.88. The highest BCUT2D eigenvalue weighted by atomic mass is 35.5. The number of carbonyl (C=O) groups is 2. The Hall–Kier alpha value is -1.88. The highest BCUT2D eigenvalue weighted by molar-refractivity contribution is 6.20. The maximum Gasteiger partial charge on any atom is 0.522 e. The number of alkyl halides is 4. The summed E-state index contributed by atoms with van der Waals surface area (Å²) < 4.78 is 41.9. The number of nitrogens with zero attached hydrogens (tertiary/aromatic N) is 4. The fraction of sp³-hybridized carbons (Fsp3) is 0.826. The molecule has 0 spiro atoms. The number of carbonyl (C=O) groups excluding carboxylic acids is 2. The molecule has 0 aromatic rings. The van der Waals surface area contributed by atoms with Crippen LogP contribution in [0.25, 0.3) is 0 Å². The number of rotatable bonds is 4.